The number of hydrogen-bond donors (Lipinski definition) is 1. The minimum atomic E-state index is -1.35. The number of nitro groups is 2. The van der Waals surface area contributed by atoms with Gasteiger partial charge >= 0.3 is 17.9 Å². The smallest absolute Gasteiger partial charge is 0.303 e. The summed E-state index contributed by atoms with van der Waals surface area (Å²) in [6, 6.07) is 10.5. The molecule has 1 fully saturated rings. The SMILES string of the molecule is CC(=O)OC[C@H]1O[C@@H](OCc2ccccc2)[C@H](OC(C)=O)[C@@H](Nc2ccc([N+](=O)[O-])cc2[N+](=O)[O-])[C@@H]1OC(C)=O. The molecule has 0 aliphatic carbocycles. The molecule has 0 bridgehead atoms. The number of benzene rings is 2. The quantitative estimate of drug-likeness (QED) is 0.182. The average Bonchev–Trinajstić information content (AvgIpc) is 2.89. The van der Waals surface area contributed by atoms with E-state index in [0.29, 0.717) is 0 Å². The highest BCUT2D eigenvalue weighted by Crippen LogP contribution is 2.35. The maximum Gasteiger partial charge on any atom is 0.303 e. The van der Waals surface area contributed by atoms with E-state index in [9.17, 15) is 34.6 Å². The van der Waals surface area contributed by atoms with E-state index >= 15 is 0 Å². The van der Waals surface area contributed by atoms with Crippen LogP contribution >= 0.6 is 0 Å². The number of anilines is 1. The van der Waals surface area contributed by atoms with Crippen molar-refractivity contribution in [3.8, 4) is 0 Å². The van der Waals surface area contributed by atoms with Gasteiger partial charge < -0.3 is 29.0 Å². The molecule has 2 aromatic carbocycles. The Morgan fingerprint density at radius 3 is 2.12 bits per heavy atom. The zero-order valence-corrected chi connectivity index (χ0v) is 21.7. The first kappa shape index (κ1) is 29.9. The molecule has 0 aromatic heterocycles. The van der Waals surface area contributed by atoms with Gasteiger partial charge in [0.1, 0.15) is 24.4 Å². The van der Waals surface area contributed by atoms with E-state index in [1.165, 1.54) is 0 Å². The van der Waals surface area contributed by atoms with Crippen LogP contribution < -0.4 is 5.32 Å². The van der Waals surface area contributed by atoms with Crippen LogP contribution in [0.15, 0.2) is 48.5 Å². The standard InChI is InChI=1S/C25H27N3O12/c1-14(29)36-13-21-23(38-15(2)30)22(26-19-10-9-18(27(32)33)11-20(19)28(34)35)24(39-16(3)31)25(40-21)37-12-17-7-5-4-6-8-17/h4-11,21-26H,12-13H2,1-3H3/t21-,22+,23-,24-,25-/m1/s1. The monoisotopic (exact) mass is 561 g/mol. The first-order chi connectivity index (χ1) is 19.0. The van der Waals surface area contributed by atoms with Gasteiger partial charge in [0.05, 0.1) is 22.5 Å². The fourth-order valence-electron chi connectivity index (χ4n) is 4.05. The van der Waals surface area contributed by atoms with Crippen molar-refractivity contribution in [2.24, 2.45) is 0 Å². The first-order valence-corrected chi connectivity index (χ1v) is 11.9. The van der Waals surface area contributed by atoms with Crippen molar-refractivity contribution in [3.05, 3.63) is 74.3 Å². The third-order valence-electron chi connectivity index (χ3n) is 5.67. The van der Waals surface area contributed by atoms with Crippen LogP contribution in [0, 0.1) is 20.2 Å². The molecule has 1 saturated heterocycles. The Bertz CT molecular complexity index is 1250. The van der Waals surface area contributed by atoms with E-state index in [4.69, 9.17) is 23.7 Å². The third kappa shape index (κ3) is 7.94. The summed E-state index contributed by atoms with van der Waals surface area (Å²) in [7, 11) is 0. The van der Waals surface area contributed by atoms with Crippen molar-refractivity contribution in [1.82, 2.24) is 0 Å². The van der Waals surface area contributed by atoms with Crippen molar-refractivity contribution < 1.29 is 47.9 Å². The average molecular weight is 562 g/mol. The lowest BCUT2D eigenvalue weighted by Crippen LogP contribution is -2.64. The molecule has 1 N–H and O–H groups in total. The Kier molecular flexibility index (Phi) is 10.1. The summed E-state index contributed by atoms with van der Waals surface area (Å²) >= 11 is 0. The molecule has 0 saturated carbocycles. The Labute approximate surface area is 227 Å². The molecule has 1 aliphatic rings. The zero-order chi connectivity index (χ0) is 29.4. The molecule has 0 radical (unpaired) electrons. The minimum Gasteiger partial charge on any atom is -0.463 e. The summed E-state index contributed by atoms with van der Waals surface area (Å²) in [6.07, 6.45) is -5.18. The molecule has 3 rings (SSSR count). The Morgan fingerprint density at radius 2 is 1.55 bits per heavy atom. The summed E-state index contributed by atoms with van der Waals surface area (Å²) in [6.45, 7) is 2.96. The number of nitrogens with one attached hydrogen (secondary N) is 1. The predicted molar refractivity (Wildman–Crippen MR) is 135 cm³/mol. The molecule has 0 spiro atoms. The molecule has 15 nitrogen and oxygen atoms in total. The lowest BCUT2D eigenvalue weighted by atomic mass is 9.95. The number of carbonyl (C=O) groups excluding carboxylic acids is 3. The summed E-state index contributed by atoms with van der Waals surface area (Å²) in [5.74, 6) is -2.21. The zero-order valence-electron chi connectivity index (χ0n) is 21.7. The molecule has 1 aliphatic heterocycles. The normalized spacial score (nSPS) is 22.0. The maximum atomic E-state index is 12.1. The minimum absolute atomic E-state index is 0.00775. The van der Waals surface area contributed by atoms with Gasteiger partial charge in [0.2, 0.25) is 0 Å². The van der Waals surface area contributed by atoms with Gasteiger partial charge in [-0.3, -0.25) is 34.6 Å². The van der Waals surface area contributed by atoms with E-state index in [2.05, 4.69) is 5.32 Å². The van der Waals surface area contributed by atoms with Crippen molar-refractivity contribution in [1.29, 1.82) is 0 Å². The second-order valence-corrected chi connectivity index (χ2v) is 8.68. The lowest BCUT2D eigenvalue weighted by Gasteiger charge is -2.45. The molecule has 0 unspecified atom stereocenters. The van der Waals surface area contributed by atoms with Gasteiger partial charge in [-0.05, 0) is 11.6 Å². The number of nitro benzene ring substituents is 2. The number of carbonyl (C=O) groups is 3. The molecule has 1 heterocycles. The van der Waals surface area contributed by atoms with Crippen LogP contribution in [0.1, 0.15) is 26.3 Å². The topological polar surface area (TPSA) is 196 Å². The number of rotatable bonds is 11. The van der Waals surface area contributed by atoms with Crippen LogP contribution in [0.2, 0.25) is 0 Å². The Balaban J connectivity index is 2.07. The summed E-state index contributed by atoms with van der Waals surface area (Å²) in [5, 5.41) is 25.8. The van der Waals surface area contributed by atoms with Crippen molar-refractivity contribution in [3.63, 3.8) is 0 Å². The lowest BCUT2D eigenvalue weighted by molar-refractivity contribution is -0.393. The van der Waals surface area contributed by atoms with Gasteiger partial charge in [-0.25, -0.2) is 0 Å². The number of hydrogen-bond acceptors (Lipinski definition) is 13. The molecular formula is C25H27N3O12. The fraction of sp³-hybridized carbons (Fsp3) is 0.400. The van der Waals surface area contributed by atoms with Crippen LogP contribution in [0.25, 0.3) is 0 Å². The summed E-state index contributed by atoms with van der Waals surface area (Å²) in [4.78, 5) is 57.1. The van der Waals surface area contributed by atoms with Crippen LogP contribution in [0.4, 0.5) is 17.1 Å². The second kappa shape index (κ2) is 13.4. The van der Waals surface area contributed by atoms with E-state index < -0.39 is 76.4 Å². The second-order valence-electron chi connectivity index (χ2n) is 8.68. The molecule has 214 valence electrons. The van der Waals surface area contributed by atoms with Crippen LogP contribution in [-0.2, 0) is 44.7 Å². The molecule has 40 heavy (non-hydrogen) atoms. The molecule has 2 aromatic rings. The largest absolute Gasteiger partial charge is 0.463 e. The van der Waals surface area contributed by atoms with E-state index in [1.807, 2.05) is 0 Å². The highest BCUT2D eigenvalue weighted by Gasteiger charge is 2.51. The van der Waals surface area contributed by atoms with Gasteiger partial charge in [-0.2, -0.15) is 0 Å². The molecule has 5 atom stereocenters. The van der Waals surface area contributed by atoms with E-state index in [1.54, 1.807) is 30.3 Å². The van der Waals surface area contributed by atoms with Gasteiger partial charge in [-0.15, -0.1) is 0 Å². The highest BCUT2D eigenvalue weighted by molar-refractivity contribution is 5.69. The number of ether oxygens (including phenoxy) is 5. The van der Waals surface area contributed by atoms with Gasteiger partial charge in [0.25, 0.3) is 11.4 Å². The number of non-ortho nitro benzene ring substituents is 1. The Hall–Kier alpha value is -4.63. The molecule has 15 heteroatoms. The summed E-state index contributed by atoms with van der Waals surface area (Å²) < 4.78 is 27.9. The maximum absolute atomic E-state index is 12.1. The van der Waals surface area contributed by atoms with Crippen LogP contribution in [0.3, 0.4) is 0 Å². The van der Waals surface area contributed by atoms with Crippen molar-refractivity contribution in [2.75, 3.05) is 11.9 Å². The van der Waals surface area contributed by atoms with Gasteiger partial charge in [0.15, 0.2) is 18.5 Å². The van der Waals surface area contributed by atoms with Crippen molar-refractivity contribution in [2.45, 2.75) is 58.0 Å². The van der Waals surface area contributed by atoms with E-state index in [-0.39, 0.29) is 12.3 Å². The van der Waals surface area contributed by atoms with Gasteiger partial charge in [0, 0.05) is 26.8 Å². The molecular weight excluding hydrogens is 534 g/mol. The van der Waals surface area contributed by atoms with Crippen molar-refractivity contribution >= 4 is 35.0 Å². The van der Waals surface area contributed by atoms with Gasteiger partial charge in [-0.1, -0.05) is 30.3 Å². The number of nitrogens with zero attached hydrogens (tertiary/aromatic N) is 2. The summed E-state index contributed by atoms with van der Waals surface area (Å²) in [5.41, 5.74) is -0.664. The molecule has 0 amide bonds. The Morgan fingerprint density at radius 1 is 0.900 bits per heavy atom. The highest BCUT2D eigenvalue weighted by atomic mass is 16.7. The van der Waals surface area contributed by atoms with E-state index in [0.717, 1.165) is 44.5 Å². The first-order valence-electron chi connectivity index (χ1n) is 11.9. The third-order valence-corrected chi connectivity index (χ3v) is 5.67. The predicted octanol–water partition coefficient (Wildman–Crippen LogP) is 2.65. The van der Waals surface area contributed by atoms with Crippen LogP contribution in [-0.4, -0.2) is 65.0 Å². The number of esters is 3. The fourth-order valence-corrected chi connectivity index (χ4v) is 4.05. The van der Waals surface area contributed by atoms with Crippen LogP contribution in [0.5, 0.6) is 0 Å².